The summed E-state index contributed by atoms with van der Waals surface area (Å²) in [5, 5.41) is 9.49. The van der Waals surface area contributed by atoms with Gasteiger partial charge in [0.2, 0.25) is 10.0 Å². The van der Waals surface area contributed by atoms with Gasteiger partial charge in [0, 0.05) is 17.6 Å². The quantitative estimate of drug-likeness (QED) is 0.158. The zero-order chi connectivity index (χ0) is 34.2. The van der Waals surface area contributed by atoms with E-state index in [4.69, 9.17) is 14.5 Å². The first-order chi connectivity index (χ1) is 22.9. The van der Waals surface area contributed by atoms with Gasteiger partial charge in [0.15, 0.2) is 0 Å². The van der Waals surface area contributed by atoms with E-state index in [1.165, 1.54) is 28.0 Å². The van der Waals surface area contributed by atoms with E-state index >= 15 is 0 Å². The molecule has 0 unspecified atom stereocenters. The summed E-state index contributed by atoms with van der Waals surface area (Å²) in [6.07, 6.45) is 3.16. The van der Waals surface area contributed by atoms with E-state index in [2.05, 4.69) is 15.3 Å². The highest BCUT2D eigenvalue weighted by Gasteiger charge is 2.44. The van der Waals surface area contributed by atoms with Crippen molar-refractivity contribution in [3.8, 4) is 5.75 Å². The number of thiazole rings is 1. The molecule has 0 radical (unpaired) electrons. The molecule has 252 valence electrons. The van der Waals surface area contributed by atoms with Crippen molar-refractivity contribution in [3.63, 3.8) is 0 Å². The number of benzene rings is 2. The van der Waals surface area contributed by atoms with E-state index < -0.39 is 21.4 Å². The first-order valence-electron chi connectivity index (χ1n) is 16.1. The molecule has 11 nitrogen and oxygen atoms in total. The zero-order valence-electron chi connectivity index (χ0n) is 28.0. The summed E-state index contributed by atoms with van der Waals surface area (Å²) in [6, 6.07) is 15.2. The number of hydrogen-bond acceptors (Lipinski definition) is 10. The van der Waals surface area contributed by atoms with Crippen LogP contribution < -0.4 is 4.74 Å². The van der Waals surface area contributed by atoms with Crippen molar-refractivity contribution in [2.45, 2.75) is 84.6 Å². The van der Waals surface area contributed by atoms with Crippen LogP contribution in [0.1, 0.15) is 72.3 Å². The Morgan fingerprint density at radius 3 is 2.62 bits per heavy atom. The van der Waals surface area contributed by atoms with Gasteiger partial charge in [0.05, 0.1) is 41.8 Å². The summed E-state index contributed by atoms with van der Waals surface area (Å²) in [6.45, 7) is 12.7. The highest BCUT2D eigenvalue weighted by atomic mass is 32.2. The van der Waals surface area contributed by atoms with Gasteiger partial charge in [-0.05, 0) is 69.9 Å². The van der Waals surface area contributed by atoms with Crippen LogP contribution >= 0.6 is 11.3 Å². The molecular weight excluding hydrogens is 649 g/mol. The molecule has 3 aromatic heterocycles. The van der Waals surface area contributed by atoms with Gasteiger partial charge in [-0.25, -0.2) is 18.1 Å². The van der Waals surface area contributed by atoms with Crippen molar-refractivity contribution >= 4 is 38.4 Å². The van der Waals surface area contributed by atoms with E-state index in [-0.39, 0.29) is 36.7 Å². The van der Waals surface area contributed by atoms with Crippen LogP contribution in [0.5, 0.6) is 5.75 Å². The Labute approximate surface area is 285 Å². The van der Waals surface area contributed by atoms with Crippen LogP contribution in [0.3, 0.4) is 0 Å². The number of ether oxygens (including phenoxy) is 2. The van der Waals surface area contributed by atoms with E-state index in [1.54, 1.807) is 6.07 Å². The highest BCUT2D eigenvalue weighted by molar-refractivity contribution is 7.89. The van der Waals surface area contributed by atoms with Crippen LogP contribution in [0.2, 0.25) is 0 Å². The van der Waals surface area contributed by atoms with Gasteiger partial charge in [-0.3, -0.25) is 9.78 Å². The Bertz CT molecular complexity index is 2060. The Morgan fingerprint density at radius 1 is 1.12 bits per heavy atom. The minimum atomic E-state index is -3.93. The maximum atomic E-state index is 14.0. The number of hydrogen-bond donors (Lipinski definition) is 0. The molecule has 4 heterocycles. The number of rotatable bonds is 10. The molecule has 1 aliphatic heterocycles. The summed E-state index contributed by atoms with van der Waals surface area (Å²) >= 11 is 1.46. The maximum absolute atomic E-state index is 14.0. The molecule has 0 fully saturated rings. The Morgan fingerprint density at radius 2 is 1.90 bits per heavy atom. The smallest absolute Gasteiger partial charge is 0.312 e. The third-order valence-corrected chi connectivity index (χ3v) is 12.0. The molecule has 48 heavy (non-hydrogen) atoms. The third kappa shape index (κ3) is 6.22. The fraction of sp³-hybridized carbons (Fsp3) is 0.400. The van der Waals surface area contributed by atoms with Gasteiger partial charge in [0.1, 0.15) is 33.9 Å². The van der Waals surface area contributed by atoms with Crippen molar-refractivity contribution in [1.29, 1.82) is 0 Å². The van der Waals surface area contributed by atoms with Gasteiger partial charge in [0.25, 0.3) is 0 Å². The minimum Gasteiger partial charge on any atom is -0.488 e. The standard InChI is InChI=1S/C35H40N6O5S2/c1-7-25-19-40(48(43,44)30-18-36-17-16-29(30)46-25)20-27-23(4)47-33(37-27)31(26-14-15-28-32(22(26)3)38-39-41(28)8-2)35(5,6)34(42)45-21-24-12-10-9-11-13-24/h9-18,25,31H,7-8,19-21H2,1-6H3/t25-,31-/m1/s1. The number of aromatic nitrogens is 5. The predicted octanol–water partition coefficient (Wildman–Crippen LogP) is 6.18. The van der Waals surface area contributed by atoms with Crippen molar-refractivity contribution in [1.82, 2.24) is 29.3 Å². The first-order valence-corrected chi connectivity index (χ1v) is 18.3. The molecule has 0 spiro atoms. The third-order valence-electron chi connectivity index (χ3n) is 9.06. The molecule has 1 aliphatic rings. The monoisotopic (exact) mass is 688 g/mol. The molecule has 2 aromatic carbocycles. The summed E-state index contributed by atoms with van der Waals surface area (Å²) in [4.78, 5) is 24.1. The lowest BCUT2D eigenvalue weighted by molar-refractivity contribution is -0.156. The lowest BCUT2D eigenvalue weighted by Crippen LogP contribution is -2.36. The van der Waals surface area contributed by atoms with E-state index in [0.29, 0.717) is 29.4 Å². The largest absolute Gasteiger partial charge is 0.488 e. The van der Waals surface area contributed by atoms with Gasteiger partial charge in [-0.15, -0.1) is 16.4 Å². The molecule has 0 amide bonds. The number of sulfonamides is 1. The van der Waals surface area contributed by atoms with Crippen LogP contribution in [-0.4, -0.2) is 56.3 Å². The molecular formula is C35H40N6O5S2. The average molecular weight is 689 g/mol. The number of fused-ring (bicyclic) bond motifs is 2. The lowest BCUT2D eigenvalue weighted by Gasteiger charge is -2.32. The number of carbonyl (C=O) groups excluding carboxylic acids is 1. The second-order valence-corrected chi connectivity index (χ2v) is 15.7. The van der Waals surface area contributed by atoms with Crippen molar-refractivity contribution in [2.75, 3.05) is 6.54 Å². The lowest BCUT2D eigenvalue weighted by atomic mass is 9.73. The maximum Gasteiger partial charge on any atom is 0.312 e. The van der Waals surface area contributed by atoms with Gasteiger partial charge >= 0.3 is 5.97 Å². The Kier molecular flexibility index (Phi) is 9.38. The van der Waals surface area contributed by atoms with Crippen molar-refractivity contribution in [3.05, 3.63) is 93.2 Å². The highest BCUT2D eigenvalue weighted by Crippen LogP contribution is 2.46. The van der Waals surface area contributed by atoms with Crippen LogP contribution in [0.15, 0.2) is 65.8 Å². The number of carbonyl (C=O) groups is 1. The summed E-state index contributed by atoms with van der Waals surface area (Å²) in [5.74, 6) is -0.590. The van der Waals surface area contributed by atoms with Gasteiger partial charge in [-0.2, -0.15) is 4.31 Å². The molecule has 0 aliphatic carbocycles. The van der Waals surface area contributed by atoms with Crippen LogP contribution in [-0.2, 0) is 39.3 Å². The summed E-state index contributed by atoms with van der Waals surface area (Å²) < 4.78 is 43.1. The predicted molar refractivity (Wildman–Crippen MR) is 183 cm³/mol. The molecule has 0 saturated heterocycles. The van der Waals surface area contributed by atoms with Crippen molar-refractivity contribution in [2.24, 2.45) is 5.41 Å². The number of aryl methyl sites for hydroxylation is 3. The topological polar surface area (TPSA) is 129 Å². The van der Waals surface area contributed by atoms with Gasteiger partial charge in [-0.1, -0.05) is 48.5 Å². The fourth-order valence-corrected chi connectivity index (χ4v) is 8.91. The van der Waals surface area contributed by atoms with E-state index in [0.717, 1.165) is 32.6 Å². The Balaban J connectivity index is 1.41. The molecule has 6 rings (SSSR count). The molecule has 2 atom stereocenters. The van der Waals surface area contributed by atoms with Crippen LogP contribution in [0.4, 0.5) is 0 Å². The molecule has 0 saturated carbocycles. The minimum absolute atomic E-state index is 0.0401. The molecule has 0 N–H and O–H groups in total. The SMILES string of the molecule is CC[C@@H]1CN(Cc2nc([C@@H](c3ccc4c(nnn4CC)c3C)C(C)(C)C(=O)OCc3ccccc3)sc2C)S(=O)(=O)c2cnccc2O1. The first kappa shape index (κ1) is 33.7. The van der Waals surface area contributed by atoms with Crippen molar-refractivity contribution < 1.29 is 22.7 Å². The second-order valence-electron chi connectivity index (χ2n) is 12.6. The number of pyridine rings is 1. The second kappa shape index (κ2) is 13.4. The van der Waals surface area contributed by atoms with E-state index in [1.807, 2.05) is 88.7 Å². The zero-order valence-corrected chi connectivity index (χ0v) is 29.6. The average Bonchev–Trinajstić information content (AvgIpc) is 3.64. The van der Waals surface area contributed by atoms with Gasteiger partial charge < -0.3 is 9.47 Å². The summed E-state index contributed by atoms with van der Waals surface area (Å²) in [7, 11) is -3.93. The van der Waals surface area contributed by atoms with Crippen LogP contribution in [0, 0.1) is 19.3 Å². The number of esters is 1. The van der Waals surface area contributed by atoms with Crippen LogP contribution in [0.25, 0.3) is 11.0 Å². The molecule has 5 aromatic rings. The molecule has 0 bridgehead atoms. The molecule has 13 heteroatoms. The van der Waals surface area contributed by atoms with E-state index in [9.17, 15) is 13.2 Å². The normalized spacial score (nSPS) is 17.0. The summed E-state index contributed by atoms with van der Waals surface area (Å²) in [5.41, 5.74) is 3.91. The number of nitrogens with zero attached hydrogens (tertiary/aromatic N) is 6. The fourth-order valence-electron chi connectivity index (χ4n) is 6.18. The Hall–Kier alpha value is -4.20.